The predicted octanol–water partition coefficient (Wildman–Crippen LogP) is 0.980. The van der Waals surface area contributed by atoms with E-state index in [1.807, 2.05) is 18.2 Å². The standard InChI is InChI=1S/C10H13ClN4O/c1-15-13-9-4-2-3-8(10(9)14-15)12-6-7(16)5-11/h2-4,7,12,16H,5-6H2,1H3. The summed E-state index contributed by atoms with van der Waals surface area (Å²) in [5.74, 6) is 0.212. The highest BCUT2D eigenvalue weighted by Gasteiger charge is 2.07. The smallest absolute Gasteiger partial charge is 0.136 e. The summed E-state index contributed by atoms with van der Waals surface area (Å²) in [5.41, 5.74) is 2.48. The number of hydrogen-bond donors (Lipinski definition) is 2. The molecule has 2 N–H and O–H groups in total. The van der Waals surface area contributed by atoms with E-state index in [2.05, 4.69) is 15.5 Å². The summed E-state index contributed by atoms with van der Waals surface area (Å²) < 4.78 is 0. The first-order valence-corrected chi connectivity index (χ1v) is 5.52. The number of aryl methyl sites for hydroxylation is 1. The third-order valence-corrected chi connectivity index (χ3v) is 2.57. The third kappa shape index (κ3) is 2.25. The molecule has 0 radical (unpaired) electrons. The Hall–Kier alpha value is -1.33. The molecule has 1 atom stereocenters. The van der Waals surface area contributed by atoms with Crippen molar-refractivity contribution in [2.24, 2.45) is 7.05 Å². The highest BCUT2D eigenvalue weighted by Crippen LogP contribution is 2.19. The predicted molar refractivity (Wildman–Crippen MR) is 63.7 cm³/mol. The number of fused-ring (bicyclic) bond motifs is 1. The maximum Gasteiger partial charge on any atom is 0.136 e. The molecule has 1 aromatic heterocycles. The van der Waals surface area contributed by atoms with Crippen molar-refractivity contribution in [2.75, 3.05) is 17.7 Å². The van der Waals surface area contributed by atoms with E-state index in [0.717, 1.165) is 16.7 Å². The van der Waals surface area contributed by atoms with Gasteiger partial charge in [0.2, 0.25) is 0 Å². The number of aromatic nitrogens is 3. The fraction of sp³-hybridized carbons (Fsp3) is 0.400. The molecule has 1 aromatic carbocycles. The molecule has 6 heteroatoms. The van der Waals surface area contributed by atoms with Crippen molar-refractivity contribution in [1.82, 2.24) is 15.0 Å². The molecule has 0 spiro atoms. The van der Waals surface area contributed by atoms with Crippen molar-refractivity contribution >= 4 is 28.3 Å². The molecule has 16 heavy (non-hydrogen) atoms. The van der Waals surface area contributed by atoms with Crippen LogP contribution in [-0.4, -0.2) is 38.6 Å². The van der Waals surface area contributed by atoms with Gasteiger partial charge in [0.05, 0.1) is 17.7 Å². The van der Waals surface area contributed by atoms with Crippen LogP contribution in [-0.2, 0) is 7.05 Å². The Labute approximate surface area is 98.0 Å². The van der Waals surface area contributed by atoms with Gasteiger partial charge in [-0.1, -0.05) is 6.07 Å². The molecule has 0 fully saturated rings. The minimum Gasteiger partial charge on any atom is -0.390 e. The van der Waals surface area contributed by atoms with E-state index in [4.69, 9.17) is 11.6 Å². The van der Waals surface area contributed by atoms with Crippen LogP contribution in [0.25, 0.3) is 11.0 Å². The van der Waals surface area contributed by atoms with E-state index >= 15 is 0 Å². The second kappa shape index (κ2) is 4.67. The van der Waals surface area contributed by atoms with E-state index in [1.165, 1.54) is 4.80 Å². The molecule has 1 heterocycles. The molecule has 0 saturated heterocycles. The monoisotopic (exact) mass is 240 g/mol. The fourth-order valence-electron chi connectivity index (χ4n) is 1.47. The molecule has 0 bridgehead atoms. The molecule has 86 valence electrons. The summed E-state index contributed by atoms with van der Waals surface area (Å²) in [6.07, 6.45) is -0.561. The summed E-state index contributed by atoms with van der Waals surface area (Å²) >= 11 is 5.52. The molecule has 0 amide bonds. The van der Waals surface area contributed by atoms with Gasteiger partial charge in [-0.25, -0.2) is 0 Å². The number of nitrogens with zero attached hydrogens (tertiary/aromatic N) is 3. The van der Waals surface area contributed by atoms with Crippen molar-refractivity contribution in [2.45, 2.75) is 6.10 Å². The van der Waals surface area contributed by atoms with Crippen LogP contribution in [0.15, 0.2) is 18.2 Å². The van der Waals surface area contributed by atoms with E-state index < -0.39 is 6.10 Å². The van der Waals surface area contributed by atoms with Crippen molar-refractivity contribution in [3.05, 3.63) is 18.2 Å². The first-order valence-electron chi connectivity index (χ1n) is 4.98. The van der Waals surface area contributed by atoms with Gasteiger partial charge in [0.25, 0.3) is 0 Å². The topological polar surface area (TPSA) is 63.0 Å². The lowest BCUT2D eigenvalue weighted by Gasteiger charge is -2.09. The lowest BCUT2D eigenvalue weighted by molar-refractivity contribution is 0.211. The average Bonchev–Trinajstić information content (AvgIpc) is 2.66. The molecule has 0 aliphatic rings. The normalized spacial score (nSPS) is 12.9. The first-order chi connectivity index (χ1) is 7.70. The second-order valence-corrected chi connectivity index (χ2v) is 3.86. The third-order valence-electron chi connectivity index (χ3n) is 2.22. The zero-order chi connectivity index (χ0) is 11.5. The Balaban J connectivity index is 2.23. The number of anilines is 1. The Morgan fingerprint density at radius 2 is 2.31 bits per heavy atom. The van der Waals surface area contributed by atoms with Crippen LogP contribution in [0.2, 0.25) is 0 Å². The summed E-state index contributed by atoms with van der Waals surface area (Å²) in [7, 11) is 1.78. The molecular formula is C10H13ClN4O. The maximum atomic E-state index is 9.36. The summed E-state index contributed by atoms with van der Waals surface area (Å²) in [6, 6.07) is 5.69. The average molecular weight is 241 g/mol. The molecule has 2 rings (SSSR count). The van der Waals surface area contributed by atoms with Crippen LogP contribution in [0, 0.1) is 0 Å². The Morgan fingerprint density at radius 1 is 1.50 bits per heavy atom. The highest BCUT2D eigenvalue weighted by atomic mass is 35.5. The Bertz CT molecular complexity index is 485. The van der Waals surface area contributed by atoms with Crippen LogP contribution in [0.3, 0.4) is 0 Å². The Kier molecular flexibility index (Phi) is 3.26. The SMILES string of the molecule is Cn1nc2cccc(NCC(O)CCl)c2n1. The van der Waals surface area contributed by atoms with E-state index in [1.54, 1.807) is 7.05 Å². The zero-order valence-electron chi connectivity index (χ0n) is 8.89. The van der Waals surface area contributed by atoms with Gasteiger partial charge in [0.1, 0.15) is 11.0 Å². The molecule has 5 nitrogen and oxygen atoms in total. The summed E-state index contributed by atoms with van der Waals surface area (Å²) in [6.45, 7) is 0.402. The maximum absolute atomic E-state index is 9.36. The van der Waals surface area contributed by atoms with Crippen molar-refractivity contribution in [3.8, 4) is 0 Å². The molecule has 0 saturated carbocycles. The van der Waals surface area contributed by atoms with Crippen LogP contribution < -0.4 is 5.32 Å². The van der Waals surface area contributed by atoms with Gasteiger partial charge >= 0.3 is 0 Å². The number of halogens is 1. The fourth-order valence-corrected chi connectivity index (χ4v) is 1.57. The molecule has 0 aliphatic carbocycles. The van der Waals surface area contributed by atoms with E-state index in [9.17, 15) is 5.11 Å². The largest absolute Gasteiger partial charge is 0.390 e. The summed E-state index contributed by atoms with van der Waals surface area (Å²) in [5, 5.41) is 20.9. The van der Waals surface area contributed by atoms with Crippen LogP contribution in [0.5, 0.6) is 0 Å². The minimum absolute atomic E-state index is 0.212. The number of rotatable bonds is 4. The highest BCUT2D eigenvalue weighted by molar-refractivity contribution is 6.18. The van der Waals surface area contributed by atoms with Gasteiger partial charge in [-0.15, -0.1) is 11.6 Å². The lowest BCUT2D eigenvalue weighted by Crippen LogP contribution is -2.20. The minimum atomic E-state index is -0.561. The van der Waals surface area contributed by atoms with Gasteiger partial charge in [0, 0.05) is 13.6 Å². The van der Waals surface area contributed by atoms with Gasteiger partial charge in [-0.3, -0.25) is 0 Å². The molecule has 0 aliphatic heterocycles. The number of aliphatic hydroxyl groups excluding tert-OH is 1. The molecular weight excluding hydrogens is 228 g/mol. The number of benzene rings is 1. The van der Waals surface area contributed by atoms with Gasteiger partial charge in [-0.05, 0) is 12.1 Å². The quantitative estimate of drug-likeness (QED) is 0.782. The first kappa shape index (κ1) is 11.2. The van der Waals surface area contributed by atoms with Crippen molar-refractivity contribution < 1.29 is 5.11 Å². The van der Waals surface area contributed by atoms with Crippen LogP contribution in [0.4, 0.5) is 5.69 Å². The Morgan fingerprint density at radius 3 is 3.06 bits per heavy atom. The van der Waals surface area contributed by atoms with Crippen molar-refractivity contribution in [3.63, 3.8) is 0 Å². The van der Waals surface area contributed by atoms with Gasteiger partial charge in [-0.2, -0.15) is 15.0 Å². The number of nitrogens with one attached hydrogen (secondary N) is 1. The number of alkyl halides is 1. The zero-order valence-corrected chi connectivity index (χ0v) is 9.65. The van der Waals surface area contributed by atoms with Gasteiger partial charge < -0.3 is 10.4 Å². The molecule has 1 unspecified atom stereocenters. The van der Waals surface area contributed by atoms with Gasteiger partial charge in [0.15, 0.2) is 0 Å². The number of aliphatic hydroxyl groups is 1. The lowest BCUT2D eigenvalue weighted by atomic mass is 10.2. The summed E-state index contributed by atoms with van der Waals surface area (Å²) in [4.78, 5) is 1.52. The van der Waals surface area contributed by atoms with Crippen LogP contribution >= 0.6 is 11.6 Å². The molecule has 2 aromatic rings. The number of hydrogen-bond acceptors (Lipinski definition) is 4. The van der Waals surface area contributed by atoms with Crippen LogP contribution in [0.1, 0.15) is 0 Å². The second-order valence-electron chi connectivity index (χ2n) is 3.55. The van der Waals surface area contributed by atoms with E-state index in [0.29, 0.717) is 6.54 Å². The van der Waals surface area contributed by atoms with Crippen molar-refractivity contribution in [1.29, 1.82) is 0 Å². The van der Waals surface area contributed by atoms with E-state index in [-0.39, 0.29) is 5.88 Å².